The first-order valence-corrected chi connectivity index (χ1v) is 13.3. The summed E-state index contributed by atoms with van der Waals surface area (Å²) in [6.45, 7) is 0.323. The molecule has 41 heavy (non-hydrogen) atoms. The van der Waals surface area contributed by atoms with Gasteiger partial charge in [0.1, 0.15) is 18.1 Å². The topological polar surface area (TPSA) is 265 Å². The highest BCUT2D eigenvalue weighted by atomic mass is 16.4. The highest BCUT2D eigenvalue weighted by molar-refractivity contribution is 5.96. The van der Waals surface area contributed by atoms with Crippen molar-refractivity contribution in [2.75, 3.05) is 13.1 Å². The van der Waals surface area contributed by atoms with E-state index in [1.54, 1.807) is 6.20 Å². The molecule has 2 heterocycles. The maximum Gasteiger partial charge on any atom is 0.326 e. The Kier molecular flexibility index (Phi) is 10.6. The van der Waals surface area contributed by atoms with Crippen molar-refractivity contribution in [1.82, 2.24) is 20.5 Å². The second kappa shape index (κ2) is 14.1. The van der Waals surface area contributed by atoms with Gasteiger partial charge in [-0.2, -0.15) is 0 Å². The van der Waals surface area contributed by atoms with Crippen LogP contribution < -0.4 is 33.6 Å². The van der Waals surface area contributed by atoms with Crippen LogP contribution in [0.1, 0.15) is 37.7 Å². The van der Waals surface area contributed by atoms with Crippen molar-refractivity contribution in [3.05, 3.63) is 36.0 Å². The Bertz CT molecular complexity index is 1310. The van der Waals surface area contributed by atoms with Crippen LogP contribution in [0.4, 0.5) is 0 Å². The number of likely N-dealkylation sites (tertiary alicyclic amines) is 1. The molecule has 15 nitrogen and oxygen atoms in total. The molecule has 0 spiro atoms. The minimum Gasteiger partial charge on any atom is -0.480 e. The summed E-state index contributed by atoms with van der Waals surface area (Å²) in [5.74, 6) is -4.32. The molecule has 1 aromatic heterocycles. The number of rotatable bonds is 14. The van der Waals surface area contributed by atoms with E-state index in [1.165, 1.54) is 0 Å². The number of carboxylic acids is 1. The Hall–Kier alpha value is -4.66. The number of aliphatic imine (C=N–C) groups is 1. The highest BCUT2D eigenvalue weighted by Crippen LogP contribution is 2.20. The number of aromatic nitrogens is 1. The summed E-state index contributed by atoms with van der Waals surface area (Å²) >= 11 is 0. The average Bonchev–Trinajstić information content (AvgIpc) is 3.57. The molecule has 4 atom stereocenters. The fourth-order valence-electron chi connectivity index (χ4n) is 4.84. The summed E-state index contributed by atoms with van der Waals surface area (Å²) in [6.07, 6.45) is 2.46. The number of nitrogens with zero attached hydrogens (tertiary/aromatic N) is 2. The zero-order valence-electron chi connectivity index (χ0n) is 22.5. The summed E-state index contributed by atoms with van der Waals surface area (Å²) in [7, 11) is 0. The lowest BCUT2D eigenvalue weighted by atomic mass is 10.0. The fraction of sp³-hybridized carbons (Fsp3) is 0.462. The molecule has 4 unspecified atom stereocenters. The van der Waals surface area contributed by atoms with E-state index in [2.05, 4.69) is 20.6 Å². The number of nitrogens with two attached hydrogens (primary N) is 4. The summed E-state index contributed by atoms with van der Waals surface area (Å²) in [6, 6.07) is 2.87. The maximum absolute atomic E-state index is 13.4. The zero-order chi connectivity index (χ0) is 30.1. The van der Waals surface area contributed by atoms with Crippen LogP contribution in [0.3, 0.4) is 0 Å². The lowest BCUT2D eigenvalue weighted by Crippen LogP contribution is -2.58. The third kappa shape index (κ3) is 8.41. The van der Waals surface area contributed by atoms with Gasteiger partial charge in [0.05, 0.1) is 12.5 Å². The van der Waals surface area contributed by atoms with Crippen molar-refractivity contribution in [2.24, 2.45) is 27.9 Å². The molecule has 1 aromatic carbocycles. The van der Waals surface area contributed by atoms with E-state index in [-0.39, 0.29) is 44.7 Å². The van der Waals surface area contributed by atoms with Gasteiger partial charge in [-0.15, -0.1) is 0 Å². The lowest BCUT2D eigenvalue weighted by Gasteiger charge is -2.28. The molecule has 0 bridgehead atoms. The van der Waals surface area contributed by atoms with Gasteiger partial charge in [-0.25, -0.2) is 4.79 Å². The van der Waals surface area contributed by atoms with Gasteiger partial charge in [0, 0.05) is 30.2 Å². The number of carboxylic acid groups (broad SMARTS) is 1. The molecule has 12 N–H and O–H groups in total. The number of H-pyrrole nitrogens is 1. The zero-order valence-corrected chi connectivity index (χ0v) is 22.5. The number of aromatic amines is 1. The number of amides is 4. The van der Waals surface area contributed by atoms with Gasteiger partial charge < -0.3 is 48.6 Å². The van der Waals surface area contributed by atoms with E-state index in [4.69, 9.17) is 22.9 Å². The number of guanidine groups is 1. The van der Waals surface area contributed by atoms with Crippen LogP contribution in [0.5, 0.6) is 0 Å². The number of carbonyl (C=O) groups is 5. The highest BCUT2D eigenvalue weighted by Gasteiger charge is 2.39. The van der Waals surface area contributed by atoms with E-state index in [0.717, 1.165) is 21.4 Å². The number of benzene rings is 1. The minimum atomic E-state index is -1.42. The number of nitrogens with one attached hydrogen (secondary N) is 3. The van der Waals surface area contributed by atoms with Gasteiger partial charge in [-0.1, -0.05) is 18.2 Å². The largest absolute Gasteiger partial charge is 0.480 e. The van der Waals surface area contributed by atoms with Crippen LogP contribution >= 0.6 is 0 Å². The van der Waals surface area contributed by atoms with Gasteiger partial charge >= 0.3 is 5.97 Å². The predicted octanol–water partition coefficient (Wildman–Crippen LogP) is -1.99. The molecule has 2 aromatic rings. The second-order valence-corrected chi connectivity index (χ2v) is 9.94. The molecule has 0 aliphatic carbocycles. The first-order valence-electron chi connectivity index (χ1n) is 13.3. The summed E-state index contributed by atoms with van der Waals surface area (Å²) in [5, 5.41) is 15.5. The van der Waals surface area contributed by atoms with Gasteiger partial charge in [0.25, 0.3) is 0 Å². The first-order chi connectivity index (χ1) is 19.5. The maximum atomic E-state index is 13.4. The third-order valence-electron chi connectivity index (χ3n) is 6.87. The predicted molar refractivity (Wildman–Crippen MR) is 150 cm³/mol. The Morgan fingerprint density at radius 1 is 1.07 bits per heavy atom. The van der Waals surface area contributed by atoms with Crippen molar-refractivity contribution in [3.8, 4) is 0 Å². The molecule has 1 aliphatic heterocycles. The fourth-order valence-corrected chi connectivity index (χ4v) is 4.84. The van der Waals surface area contributed by atoms with Crippen LogP contribution in [0.2, 0.25) is 0 Å². The van der Waals surface area contributed by atoms with Crippen molar-refractivity contribution in [3.63, 3.8) is 0 Å². The van der Waals surface area contributed by atoms with Crippen molar-refractivity contribution in [2.45, 2.75) is 62.7 Å². The smallest absolute Gasteiger partial charge is 0.326 e. The SMILES string of the molecule is NC(=O)CC(NC(=O)C(CCCN=C(N)N)NC(=O)C(N)Cc1c[nH]c2ccccc12)C(=O)N1CCCC1C(=O)O. The van der Waals surface area contributed by atoms with Gasteiger partial charge in [-0.3, -0.25) is 24.2 Å². The van der Waals surface area contributed by atoms with Crippen LogP contribution in [-0.2, 0) is 30.4 Å². The molecule has 4 amide bonds. The van der Waals surface area contributed by atoms with Crippen LogP contribution in [-0.4, -0.2) is 87.8 Å². The van der Waals surface area contributed by atoms with E-state index in [1.807, 2.05) is 24.3 Å². The molecule has 0 saturated carbocycles. The first kappa shape index (κ1) is 30.9. The molecular formula is C26H37N9O6. The normalized spacial score (nSPS) is 16.9. The van der Waals surface area contributed by atoms with Crippen LogP contribution in [0, 0.1) is 0 Å². The Labute approximate surface area is 236 Å². The molecule has 222 valence electrons. The van der Waals surface area contributed by atoms with E-state index in [9.17, 15) is 29.1 Å². The van der Waals surface area contributed by atoms with E-state index < -0.39 is 60.2 Å². The van der Waals surface area contributed by atoms with E-state index >= 15 is 0 Å². The quantitative estimate of drug-likeness (QED) is 0.0707. The molecule has 3 rings (SSSR count). The van der Waals surface area contributed by atoms with Crippen molar-refractivity contribution < 1.29 is 29.1 Å². The van der Waals surface area contributed by atoms with Gasteiger partial charge in [-0.05, 0) is 43.7 Å². The number of hydrogen-bond donors (Lipinski definition) is 8. The molecule has 1 aliphatic rings. The number of aliphatic carboxylic acids is 1. The van der Waals surface area contributed by atoms with E-state index in [0.29, 0.717) is 6.42 Å². The lowest BCUT2D eigenvalue weighted by molar-refractivity contribution is -0.149. The van der Waals surface area contributed by atoms with Crippen molar-refractivity contribution in [1.29, 1.82) is 0 Å². The molecule has 15 heteroatoms. The number of para-hydroxylation sites is 1. The monoisotopic (exact) mass is 571 g/mol. The van der Waals surface area contributed by atoms with Crippen LogP contribution in [0.15, 0.2) is 35.5 Å². The Morgan fingerprint density at radius 3 is 2.46 bits per heavy atom. The average molecular weight is 572 g/mol. The van der Waals surface area contributed by atoms with Gasteiger partial charge in [0.15, 0.2) is 5.96 Å². The van der Waals surface area contributed by atoms with Gasteiger partial charge in [0.2, 0.25) is 23.6 Å². The Balaban J connectivity index is 1.74. The molecule has 1 saturated heterocycles. The number of hydrogen-bond acceptors (Lipinski definition) is 7. The standard InChI is InChI=1S/C26H37N9O6/c27-16(11-14-13-32-17-6-2-1-5-15(14)17)22(37)33-18(7-3-9-31-26(29)30)23(38)34-19(12-21(28)36)24(39)35-10-4-8-20(35)25(40)41/h1-2,5-6,13,16,18-20,32H,3-4,7-12,27H2,(H2,28,36)(H,33,37)(H,34,38)(H,40,41)(H4,29,30,31). The summed E-state index contributed by atoms with van der Waals surface area (Å²) in [5.41, 5.74) is 24.0. The summed E-state index contributed by atoms with van der Waals surface area (Å²) in [4.78, 5) is 71.1. The molecular weight excluding hydrogens is 534 g/mol. The summed E-state index contributed by atoms with van der Waals surface area (Å²) < 4.78 is 0. The second-order valence-electron chi connectivity index (χ2n) is 9.94. The minimum absolute atomic E-state index is 0.0765. The Morgan fingerprint density at radius 2 is 1.78 bits per heavy atom. The number of carbonyl (C=O) groups excluding carboxylic acids is 4. The third-order valence-corrected chi connectivity index (χ3v) is 6.87. The molecule has 1 fully saturated rings. The molecule has 0 radical (unpaired) electrons. The van der Waals surface area contributed by atoms with Crippen molar-refractivity contribution >= 4 is 46.5 Å². The number of fused-ring (bicyclic) bond motifs is 1. The van der Waals surface area contributed by atoms with Crippen LogP contribution in [0.25, 0.3) is 10.9 Å². The number of primary amides is 1.